The highest BCUT2D eigenvalue weighted by atomic mass is 16.4. The van der Waals surface area contributed by atoms with E-state index in [1.807, 2.05) is 30.3 Å². The van der Waals surface area contributed by atoms with Gasteiger partial charge in [0.1, 0.15) is 5.92 Å². The summed E-state index contributed by atoms with van der Waals surface area (Å²) in [6, 6.07) is 9.40. The molecule has 1 amide bonds. The van der Waals surface area contributed by atoms with E-state index >= 15 is 0 Å². The van der Waals surface area contributed by atoms with Crippen LogP contribution in [0.4, 0.5) is 0 Å². The standard InChI is InChI=1S/C13H17NO3/c1-9(2)11(13(16)17)12(15)14-8-10-6-4-3-5-7-10/h3-7,9,11H,8H2,1-2H3,(H,14,15)(H,16,17). The number of carbonyl (C=O) groups is 2. The lowest BCUT2D eigenvalue weighted by molar-refractivity contribution is -0.148. The fourth-order valence-electron chi connectivity index (χ4n) is 1.60. The fourth-order valence-corrected chi connectivity index (χ4v) is 1.60. The molecule has 2 N–H and O–H groups in total. The predicted octanol–water partition coefficient (Wildman–Crippen LogP) is 1.66. The average Bonchev–Trinajstić information content (AvgIpc) is 2.27. The summed E-state index contributed by atoms with van der Waals surface area (Å²) in [6.07, 6.45) is 0. The second kappa shape index (κ2) is 6.03. The molecule has 17 heavy (non-hydrogen) atoms. The summed E-state index contributed by atoms with van der Waals surface area (Å²) in [6.45, 7) is 3.80. The molecule has 0 aromatic heterocycles. The summed E-state index contributed by atoms with van der Waals surface area (Å²) >= 11 is 0. The Hall–Kier alpha value is -1.84. The van der Waals surface area contributed by atoms with Crippen molar-refractivity contribution in [1.82, 2.24) is 5.32 Å². The van der Waals surface area contributed by atoms with Crippen molar-refractivity contribution in [3.05, 3.63) is 35.9 Å². The number of hydrogen-bond donors (Lipinski definition) is 2. The van der Waals surface area contributed by atoms with Gasteiger partial charge in [-0.05, 0) is 11.5 Å². The van der Waals surface area contributed by atoms with E-state index in [1.165, 1.54) is 0 Å². The zero-order valence-electron chi connectivity index (χ0n) is 10.0. The Bertz CT molecular complexity index is 387. The van der Waals surface area contributed by atoms with Crippen molar-refractivity contribution in [2.45, 2.75) is 20.4 Å². The zero-order chi connectivity index (χ0) is 12.8. The quantitative estimate of drug-likeness (QED) is 0.763. The van der Waals surface area contributed by atoms with E-state index in [-0.39, 0.29) is 5.92 Å². The maximum Gasteiger partial charge on any atom is 0.316 e. The summed E-state index contributed by atoms with van der Waals surface area (Å²) in [4.78, 5) is 22.6. The molecular weight excluding hydrogens is 218 g/mol. The first-order valence-corrected chi connectivity index (χ1v) is 5.57. The van der Waals surface area contributed by atoms with Crippen LogP contribution >= 0.6 is 0 Å². The van der Waals surface area contributed by atoms with Crippen LogP contribution in [0.5, 0.6) is 0 Å². The number of hydrogen-bond acceptors (Lipinski definition) is 2. The second-order valence-electron chi connectivity index (χ2n) is 4.26. The van der Waals surface area contributed by atoms with Crippen molar-refractivity contribution >= 4 is 11.9 Å². The average molecular weight is 235 g/mol. The van der Waals surface area contributed by atoms with Gasteiger partial charge in [-0.3, -0.25) is 9.59 Å². The van der Waals surface area contributed by atoms with E-state index in [2.05, 4.69) is 5.32 Å². The number of carbonyl (C=O) groups excluding carboxylic acids is 1. The first-order valence-electron chi connectivity index (χ1n) is 5.57. The molecule has 0 saturated heterocycles. The minimum atomic E-state index is -1.08. The summed E-state index contributed by atoms with van der Waals surface area (Å²) in [7, 11) is 0. The van der Waals surface area contributed by atoms with Crippen molar-refractivity contribution < 1.29 is 14.7 Å². The summed E-state index contributed by atoms with van der Waals surface area (Å²) in [5.74, 6) is -2.72. The third-order valence-electron chi connectivity index (χ3n) is 2.52. The number of carboxylic acid groups (broad SMARTS) is 1. The largest absolute Gasteiger partial charge is 0.481 e. The van der Waals surface area contributed by atoms with Gasteiger partial charge in [0.05, 0.1) is 0 Å². The smallest absolute Gasteiger partial charge is 0.316 e. The maximum absolute atomic E-state index is 11.7. The predicted molar refractivity (Wildman–Crippen MR) is 64.3 cm³/mol. The molecule has 0 bridgehead atoms. The topological polar surface area (TPSA) is 66.4 Å². The Kier molecular flexibility index (Phi) is 4.69. The molecule has 0 spiro atoms. The normalized spacial score (nSPS) is 12.2. The highest BCUT2D eigenvalue weighted by Gasteiger charge is 2.29. The molecule has 0 aliphatic carbocycles. The van der Waals surface area contributed by atoms with Gasteiger partial charge in [0, 0.05) is 6.54 Å². The van der Waals surface area contributed by atoms with Gasteiger partial charge in [0.25, 0.3) is 0 Å². The molecule has 4 nitrogen and oxygen atoms in total. The van der Waals surface area contributed by atoms with E-state index in [9.17, 15) is 9.59 Å². The van der Waals surface area contributed by atoms with Gasteiger partial charge in [0.15, 0.2) is 0 Å². The second-order valence-corrected chi connectivity index (χ2v) is 4.26. The summed E-state index contributed by atoms with van der Waals surface area (Å²) < 4.78 is 0. The molecular formula is C13H17NO3. The van der Waals surface area contributed by atoms with Gasteiger partial charge in [-0.2, -0.15) is 0 Å². The van der Waals surface area contributed by atoms with Crippen LogP contribution in [-0.4, -0.2) is 17.0 Å². The molecule has 1 aromatic rings. The van der Waals surface area contributed by atoms with Gasteiger partial charge in [-0.15, -0.1) is 0 Å². The molecule has 0 fully saturated rings. The first kappa shape index (κ1) is 13.2. The van der Waals surface area contributed by atoms with Crippen LogP contribution in [0, 0.1) is 11.8 Å². The summed E-state index contributed by atoms with van der Waals surface area (Å²) in [5.41, 5.74) is 0.953. The monoisotopic (exact) mass is 235 g/mol. The first-order chi connectivity index (χ1) is 8.02. The van der Waals surface area contributed by atoms with Gasteiger partial charge in [-0.25, -0.2) is 0 Å². The van der Waals surface area contributed by atoms with E-state index in [0.29, 0.717) is 6.54 Å². The SMILES string of the molecule is CC(C)C(C(=O)O)C(=O)NCc1ccccc1. The lowest BCUT2D eigenvalue weighted by atomic mass is 9.95. The Morgan fingerprint density at radius 2 is 1.82 bits per heavy atom. The minimum Gasteiger partial charge on any atom is -0.481 e. The number of aliphatic carboxylic acids is 1. The minimum absolute atomic E-state index is 0.219. The molecule has 1 rings (SSSR count). The van der Waals surface area contributed by atoms with Crippen LogP contribution in [-0.2, 0) is 16.1 Å². The van der Waals surface area contributed by atoms with Gasteiger partial charge >= 0.3 is 5.97 Å². The molecule has 0 heterocycles. The molecule has 92 valence electrons. The van der Waals surface area contributed by atoms with Crippen molar-refractivity contribution in [3.63, 3.8) is 0 Å². The fraction of sp³-hybridized carbons (Fsp3) is 0.385. The molecule has 4 heteroatoms. The van der Waals surface area contributed by atoms with Crippen LogP contribution < -0.4 is 5.32 Å². The number of rotatable bonds is 5. The Labute approximate surface area is 101 Å². The highest BCUT2D eigenvalue weighted by molar-refractivity contribution is 5.97. The molecule has 0 saturated carbocycles. The van der Waals surface area contributed by atoms with Crippen molar-refractivity contribution in [3.8, 4) is 0 Å². The Morgan fingerprint density at radius 1 is 1.24 bits per heavy atom. The van der Waals surface area contributed by atoms with Gasteiger partial charge in [0.2, 0.25) is 5.91 Å². The summed E-state index contributed by atoms with van der Waals surface area (Å²) in [5, 5.41) is 11.6. The highest BCUT2D eigenvalue weighted by Crippen LogP contribution is 2.11. The zero-order valence-corrected chi connectivity index (χ0v) is 10.0. The van der Waals surface area contributed by atoms with Crippen LogP contribution in [0.2, 0.25) is 0 Å². The third-order valence-corrected chi connectivity index (χ3v) is 2.52. The molecule has 0 radical (unpaired) electrons. The maximum atomic E-state index is 11.7. The van der Waals surface area contributed by atoms with E-state index in [1.54, 1.807) is 13.8 Å². The number of benzene rings is 1. The molecule has 1 aromatic carbocycles. The van der Waals surface area contributed by atoms with Crippen LogP contribution in [0.1, 0.15) is 19.4 Å². The lowest BCUT2D eigenvalue weighted by Gasteiger charge is -2.15. The van der Waals surface area contributed by atoms with Crippen molar-refractivity contribution in [2.75, 3.05) is 0 Å². The number of nitrogens with one attached hydrogen (secondary N) is 1. The number of amides is 1. The van der Waals surface area contributed by atoms with Crippen LogP contribution in [0.15, 0.2) is 30.3 Å². The van der Waals surface area contributed by atoms with Crippen LogP contribution in [0.3, 0.4) is 0 Å². The van der Waals surface area contributed by atoms with E-state index in [4.69, 9.17) is 5.11 Å². The van der Waals surface area contributed by atoms with E-state index in [0.717, 1.165) is 5.56 Å². The van der Waals surface area contributed by atoms with Gasteiger partial charge in [-0.1, -0.05) is 44.2 Å². The molecule has 0 aliphatic rings. The third kappa shape index (κ3) is 3.90. The Balaban J connectivity index is 2.57. The molecule has 0 aliphatic heterocycles. The van der Waals surface area contributed by atoms with E-state index < -0.39 is 17.8 Å². The molecule has 1 atom stereocenters. The molecule has 1 unspecified atom stereocenters. The van der Waals surface area contributed by atoms with Crippen molar-refractivity contribution in [2.24, 2.45) is 11.8 Å². The number of carboxylic acids is 1. The lowest BCUT2D eigenvalue weighted by Crippen LogP contribution is -2.38. The van der Waals surface area contributed by atoms with Crippen molar-refractivity contribution in [1.29, 1.82) is 0 Å². The Morgan fingerprint density at radius 3 is 2.29 bits per heavy atom. The van der Waals surface area contributed by atoms with Crippen LogP contribution in [0.25, 0.3) is 0 Å². The van der Waals surface area contributed by atoms with Gasteiger partial charge < -0.3 is 10.4 Å².